The summed E-state index contributed by atoms with van der Waals surface area (Å²) in [6.45, 7) is 1.82. The van der Waals surface area contributed by atoms with Crippen molar-refractivity contribution in [3.63, 3.8) is 0 Å². The van der Waals surface area contributed by atoms with Crippen LogP contribution in [-0.2, 0) is 21.2 Å². The van der Waals surface area contributed by atoms with Crippen LogP contribution in [0.5, 0.6) is 0 Å². The number of carbonyl (C=O) groups excluding carboxylic acids is 1. The Balaban J connectivity index is 1.43. The molecule has 26 heavy (non-hydrogen) atoms. The molecule has 0 aliphatic carbocycles. The number of hydrogen-bond donors (Lipinski definition) is 1. The predicted octanol–water partition coefficient (Wildman–Crippen LogP) is 2.12. The van der Waals surface area contributed by atoms with Crippen molar-refractivity contribution in [3.8, 4) is 0 Å². The molecule has 144 valence electrons. The molecule has 0 aromatic heterocycles. The molecule has 0 bridgehead atoms. The molecule has 2 atom stereocenters. The molecule has 2 unspecified atom stereocenters. The third-order valence-electron chi connectivity index (χ3n) is 5.41. The average Bonchev–Trinajstić information content (AvgIpc) is 3.19. The number of sulfone groups is 1. The van der Waals surface area contributed by atoms with Crippen LogP contribution in [0.1, 0.15) is 37.7 Å². The van der Waals surface area contributed by atoms with Crippen molar-refractivity contribution in [1.29, 1.82) is 0 Å². The highest BCUT2D eigenvalue weighted by Crippen LogP contribution is 2.23. The Morgan fingerprint density at radius 3 is 2.81 bits per heavy atom. The lowest BCUT2D eigenvalue weighted by atomic mass is 10.0. The number of rotatable bonds is 7. The highest BCUT2D eigenvalue weighted by Gasteiger charge is 2.31. The third kappa shape index (κ3) is 5.04. The number of nitrogens with one attached hydrogen (secondary N) is 1. The van der Waals surface area contributed by atoms with Crippen LogP contribution in [0.15, 0.2) is 24.3 Å². The predicted molar refractivity (Wildman–Crippen MR) is 98.8 cm³/mol. The van der Waals surface area contributed by atoms with Crippen LogP contribution in [0.25, 0.3) is 0 Å². The smallest absolute Gasteiger partial charge is 0.237 e. The van der Waals surface area contributed by atoms with Crippen molar-refractivity contribution < 1.29 is 17.6 Å². The second-order valence-electron chi connectivity index (χ2n) is 7.42. The minimum absolute atomic E-state index is 0.00196. The van der Waals surface area contributed by atoms with E-state index in [1.165, 1.54) is 6.07 Å². The molecule has 0 saturated carbocycles. The van der Waals surface area contributed by atoms with E-state index in [9.17, 15) is 17.6 Å². The lowest BCUT2D eigenvalue weighted by Crippen LogP contribution is -2.43. The van der Waals surface area contributed by atoms with E-state index in [0.29, 0.717) is 30.2 Å². The lowest BCUT2D eigenvalue weighted by Gasteiger charge is -2.24. The Kier molecular flexibility index (Phi) is 6.29. The highest BCUT2D eigenvalue weighted by molar-refractivity contribution is 7.91. The van der Waals surface area contributed by atoms with Crippen LogP contribution >= 0.6 is 0 Å². The van der Waals surface area contributed by atoms with Gasteiger partial charge >= 0.3 is 0 Å². The van der Waals surface area contributed by atoms with Gasteiger partial charge in [0.05, 0.1) is 17.5 Å². The summed E-state index contributed by atoms with van der Waals surface area (Å²) in [7, 11) is -2.83. The first kappa shape index (κ1) is 19.3. The van der Waals surface area contributed by atoms with E-state index in [2.05, 4.69) is 5.32 Å². The number of halogens is 1. The Labute approximate surface area is 154 Å². The summed E-state index contributed by atoms with van der Waals surface area (Å²) in [6, 6.07) is 6.48. The monoisotopic (exact) mass is 382 g/mol. The Morgan fingerprint density at radius 1 is 1.27 bits per heavy atom. The summed E-state index contributed by atoms with van der Waals surface area (Å²) in [6.07, 6.45) is 4.11. The minimum atomic E-state index is -2.83. The van der Waals surface area contributed by atoms with Crippen LogP contribution in [-0.4, -0.2) is 49.9 Å². The zero-order valence-electron chi connectivity index (χ0n) is 15.0. The SMILES string of the molecule is O=C(NCCCC1CCS(=O)(=O)C1)C1CCCN1Cc1ccccc1F. The van der Waals surface area contributed by atoms with Gasteiger partial charge in [-0.25, -0.2) is 12.8 Å². The lowest BCUT2D eigenvalue weighted by molar-refractivity contribution is -0.125. The van der Waals surface area contributed by atoms with Gasteiger partial charge in [-0.05, 0) is 50.6 Å². The second-order valence-corrected chi connectivity index (χ2v) is 9.65. The zero-order chi connectivity index (χ0) is 18.6. The van der Waals surface area contributed by atoms with E-state index in [0.717, 1.165) is 38.6 Å². The molecule has 1 aromatic carbocycles. The van der Waals surface area contributed by atoms with Gasteiger partial charge in [0, 0.05) is 18.7 Å². The maximum atomic E-state index is 13.9. The first-order valence-electron chi connectivity index (χ1n) is 9.40. The highest BCUT2D eigenvalue weighted by atomic mass is 32.2. The topological polar surface area (TPSA) is 66.5 Å². The van der Waals surface area contributed by atoms with Crippen molar-refractivity contribution in [2.45, 2.75) is 44.7 Å². The first-order chi connectivity index (χ1) is 12.4. The number of benzene rings is 1. The Bertz CT molecular complexity index is 738. The summed E-state index contributed by atoms with van der Waals surface area (Å²) in [5.41, 5.74) is 0.620. The van der Waals surface area contributed by atoms with Crippen LogP contribution in [0.3, 0.4) is 0 Å². The van der Waals surface area contributed by atoms with Crippen molar-refractivity contribution in [2.75, 3.05) is 24.6 Å². The van der Waals surface area contributed by atoms with Gasteiger partial charge in [0.25, 0.3) is 0 Å². The van der Waals surface area contributed by atoms with E-state index in [-0.39, 0.29) is 23.7 Å². The molecular formula is C19H27FN2O3S. The molecule has 2 aliphatic heterocycles. The zero-order valence-corrected chi connectivity index (χ0v) is 15.8. The molecule has 1 amide bonds. The standard InChI is InChI=1S/C19H27FN2O3S/c20-17-7-2-1-6-16(17)13-22-11-4-8-18(22)19(23)21-10-3-5-15-9-12-26(24,25)14-15/h1-2,6-7,15,18H,3-5,8-14H2,(H,21,23). The fraction of sp³-hybridized carbons (Fsp3) is 0.632. The Hall–Kier alpha value is -1.47. The van der Waals surface area contributed by atoms with E-state index >= 15 is 0 Å². The van der Waals surface area contributed by atoms with E-state index in [4.69, 9.17) is 0 Å². The summed E-state index contributed by atoms with van der Waals surface area (Å²) in [5, 5.41) is 2.98. The summed E-state index contributed by atoms with van der Waals surface area (Å²) < 4.78 is 36.8. The number of nitrogens with zero attached hydrogens (tertiary/aromatic N) is 1. The molecule has 2 heterocycles. The molecule has 5 nitrogen and oxygen atoms in total. The maximum absolute atomic E-state index is 13.9. The Morgan fingerprint density at radius 2 is 2.08 bits per heavy atom. The maximum Gasteiger partial charge on any atom is 0.237 e. The quantitative estimate of drug-likeness (QED) is 0.734. The van der Waals surface area contributed by atoms with Gasteiger partial charge in [0.2, 0.25) is 5.91 Å². The molecule has 7 heteroatoms. The summed E-state index contributed by atoms with van der Waals surface area (Å²) in [5.74, 6) is 0.598. The van der Waals surface area contributed by atoms with Gasteiger partial charge in [-0.2, -0.15) is 0 Å². The number of carbonyl (C=O) groups is 1. The van der Waals surface area contributed by atoms with Gasteiger partial charge in [-0.1, -0.05) is 18.2 Å². The molecule has 2 saturated heterocycles. The molecule has 0 spiro atoms. The van der Waals surface area contributed by atoms with Crippen LogP contribution in [0, 0.1) is 11.7 Å². The average molecular weight is 383 g/mol. The van der Waals surface area contributed by atoms with Crippen LogP contribution < -0.4 is 5.32 Å². The van der Waals surface area contributed by atoms with Gasteiger partial charge in [0.15, 0.2) is 9.84 Å². The van der Waals surface area contributed by atoms with Crippen molar-refractivity contribution >= 4 is 15.7 Å². The van der Waals surface area contributed by atoms with Gasteiger partial charge in [-0.3, -0.25) is 9.69 Å². The largest absolute Gasteiger partial charge is 0.355 e. The van der Waals surface area contributed by atoms with E-state index < -0.39 is 9.84 Å². The molecule has 2 aliphatic rings. The second kappa shape index (κ2) is 8.48. The third-order valence-corrected chi connectivity index (χ3v) is 7.25. The number of amides is 1. The van der Waals surface area contributed by atoms with Crippen molar-refractivity contribution in [3.05, 3.63) is 35.6 Å². The van der Waals surface area contributed by atoms with Gasteiger partial charge in [0.1, 0.15) is 5.82 Å². The molecule has 3 rings (SSSR count). The van der Waals surface area contributed by atoms with Crippen molar-refractivity contribution in [1.82, 2.24) is 10.2 Å². The molecule has 1 N–H and O–H groups in total. The number of likely N-dealkylation sites (tertiary alicyclic amines) is 1. The van der Waals surface area contributed by atoms with Gasteiger partial charge in [-0.15, -0.1) is 0 Å². The molecule has 0 radical (unpaired) electrons. The van der Waals surface area contributed by atoms with E-state index in [1.54, 1.807) is 12.1 Å². The number of hydrogen-bond acceptors (Lipinski definition) is 4. The van der Waals surface area contributed by atoms with Gasteiger partial charge < -0.3 is 5.32 Å². The van der Waals surface area contributed by atoms with Crippen LogP contribution in [0.2, 0.25) is 0 Å². The van der Waals surface area contributed by atoms with E-state index in [1.807, 2.05) is 11.0 Å². The normalized spacial score (nSPS) is 25.4. The minimum Gasteiger partial charge on any atom is -0.355 e. The van der Waals surface area contributed by atoms with Crippen molar-refractivity contribution in [2.24, 2.45) is 5.92 Å². The fourth-order valence-corrected chi connectivity index (χ4v) is 5.89. The first-order valence-corrected chi connectivity index (χ1v) is 11.2. The molecule has 2 fully saturated rings. The fourth-order valence-electron chi connectivity index (χ4n) is 3.98. The molecule has 1 aromatic rings. The summed E-state index contributed by atoms with van der Waals surface area (Å²) in [4.78, 5) is 14.5. The van der Waals surface area contributed by atoms with Crippen LogP contribution in [0.4, 0.5) is 4.39 Å². The summed E-state index contributed by atoms with van der Waals surface area (Å²) >= 11 is 0. The molecular weight excluding hydrogens is 355 g/mol.